The van der Waals surface area contributed by atoms with Gasteiger partial charge in [-0.25, -0.2) is 9.59 Å². The van der Waals surface area contributed by atoms with E-state index >= 15 is 0 Å². The van der Waals surface area contributed by atoms with Crippen LogP contribution in [0.1, 0.15) is 47.1 Å². The van der Waals surface area contributed by atoms with Crippen molar-refractivity contribution in [3.05, 3.63) is 29.8 Å². The van der Waals surface area contributed by atoms with Crippen LogP contribution < -0.4 is 15.1 Å². The zero-order valence-electron chi connectivity index (χ0n) is 21.8. The second kappa shape index (κ2) is 11.7. The molecule has 1 aromatic rings. The Morgan fingerprint density at radius 2 is 1.53 bits per heavy atom. The molecule has 1 rings (SSSR count). The van der Waals surface area contributed by atoms with Gasteiger partial charge in [0.25, 0.3) is 0 Å². The minimum absolute atomic E-state index is 0.0507. The van der Waals surface area contributed by atoms with Crippen molar-refractivity contribution in [2.24, 2.45) is 0 Å². The van der Waals surface area contributed by atoms with Crippen molar-refractivity contribution in [1.82, 2.24) is 10.6 Å². The smallest absolute Gasteiger partial charge is 0.408 e. The van der Waals surface area contributed by atoms with E-state index < -0.39 is 50.6 Å². The summed E-state index contributed by atoms with van der Waals surface area (Å²) in [6.45, 7) is 15.3. The van der Waals surface area contributed by atoms with Crippen molar-refractivity contribution >= 4 is 26.3 Å². The van der Waals surface area contributed by atoms with Crippen LogP contribution in [0.2, 0.25) is 18.1 Å². The number of rotatable bonds is 9. The number of methoxy groups -OCH3 is 1. The number of ether oxygens (including phenoxy) is 2. The molecule has 34 heavy (non-hydrogen) atoms. The number of amides is 2. The third-order valence-corrected chi connectivity index (χ3v) is 9.89. The lowest BCUT2D eigenvalue weighted by Gasteiger charge is -2.36. The van der Waals surface area contributed by atoms with Crippen LogP contribution >= 0.6 is 0 Å². The summed E-state index contributed by atoms with van der Waals surface area (Å²) in [5.74, 6) is -0.710. The summed E-state index contributed by atoms with van der Waals surface area (Å²) in [5, 5.41) is 14.4. The van der Waals surface area contributed by atoms with E-state index in [0.717, 1.165) is 18.4 Å². The van der Waals surface area contributed by atoms with E-state index in [2.05, 4.69) is 49.2 Å². The van der Waals surface area contributed by atoms with Gasteiger partial charge in [-0.2, -0.15) is 0 Å². The lowest BCUT2D eigenvalue weighted by atomic mass is 10.0. The van der Waals surface area contributed by atoms with Crippen LogP contribution in [0.4, 0.5) is 4.79 Å². The maximum Gasteiger partial charge on any atom is 0.408 e. The van der Waals surface area contributed by atoms with Crippen molar-refractivity contribution in [3.63, 3.8) is 0 Å². The Balaban J connectivity index is 3.05. The maximum absolute atomic E-state index is 12.9. The predicted molar refractivity (Wildman–Crippen MR) is 132 cm³/mol. The first-order valence-corrected chi connectivity index (χ1v) is 14.2. The molecule has 1 aromatic carbocycles. The molecule has 0 saturated carbocycles. The number of esters is 1. The van der Waals surface area contributed by atoms with Crippen molar-refractivity contribution in [3.8, 4) is 5.75 Å². The Bertz CT molecular complexity index is 842. The molecule has 192 valence electrons. The highest BCUT2D eigenvalue weighted by molar-refractivity contribution is 6.74. The quantitative estimate of drug-likeness (QED) is 0.354. The van der Waals surface area contributed by atoms with Crippen LogP contribution in [0.15, 0.2) is 24.3 Å². The lowest BCUT2D eigenvalue weighted by molar-refractivity contribution is -0.146. The van der Waals surface area contributed by atoms with Gasteiger partial charge >= 0.3 is 12.1 Å². The van der Waals surface area contributed by atoms with E-state index in [1.165, 1.54) is 0 Å². The van der Waals surface area contributed by atoms with Crippen LogP contribution in [0.3, 0.4) is 0 Å². The molecule has 0 aliphatic carbocycles. The number of carbonyl (C=O) groups excluding carboxylic acids is 3. The molecule has 0 aliphatic rings. The van der Waals surface area contributed by atoms with Gasteiger partial charge in [-0.3, -0.25) is 4.79 Å². The normalized spacial score (nSPS) is 13.9. The van der Waals surface area contributed by atoms with Gasteiger partial charge in [0.05, 0.1) is 13.7 Å². The summed E-state index contributed by atoms with van der Waals surface area (Å²) in [6.07, 6.45) is -0.644. The minimum Gasteiger partial charge on any atom is -0.544 e. The van der Waals surface area contributed by atoms with E-state index in [-0.39, 0.29) is 11.5 Å². The van der Waals surface area contributed by atoms with Crippen LogP contribution in [0.25, 0.3) is 0 Å². The summed E-state index contributed by atoms with van der Waals surface area (Å²) in [7, 11) is -0.846. The van der Waals surface area contributed by atoms with Crippen LogP contribution in [0, 0.1) is 0 Å². The van der Waals surface area contributed by atoms with E-state index in [4.69, 9.17) is 9.16 Å². The van der Waals surface area contributed by atoms with Crippen LogP contribution in [0.5, 0.6) is 5.75 Å². The predicted octanol–water partition coefficient (Wildman–Crippen LogP) is 3.16. The number of hydrogen-bond acceptors (Lipinski definition) is 7. The highest BCUT2D eigenvalue weighted by atomic mass is 28.4. The minimum atomic E-state index is -2.00. The van der Waals surface area contributed by atoms with Gasteiger partial charge in [-0.1, -0.05) is 32.9 Å². The molecule has 0 radical (unpaired) electrons. The van der Waals surface area contributed by atoms with Crippen molar-refractivity contribution < 1.29 is 33.4 Å². The fraction of sp³-hybridized carbons (Fsp3) is 0.625. The molecule has 0 saturated heterocycles. The van der Waals surface area contributed by atoms with Gasteiger partial charge in [-0.05, 0) is 56.6 Å². The Labute approximate surface area is 203 Å². The molecule has 2 atom stereocenters. The standard InChI is InChI=1S/C24H40N2O7Si/c1-23(2,3)32-22(30)26-18(20(28)25-19(15-27)21(29)31-7)14-16-10-12-17(13-11-16)33-34(8,9)24(4,5)6/h10-13,18-19,27H,14-15H2,1-9H3,(H,25,28)(H,26,30)/t18-,19?/m0/s1. The van der Waals surface area contributed by atoms with Crippen LogP contribution in [-0.2, 0) is 25.5 Å². The maximum atomic E-state index is 12.9. The molecule has 2 amide bonds. The van der Waals surface area contributed by atoms with E-state index in [9.17, 15) is 19.5 Å². The number of alkyl carbamates (subject to hydrolysis) is 1. The van der Waals surface area contributed by atoms with Gasteiger partial charge in [0, 0.05) is 6.42 Å². The summed E-state index contributed by atoms with van der Waals surface area (Å²) in [5.41, 5.74) is 0.00503. The molecule has 9 nitrogen and oxygen atoms in total. The Morgan fingerprint density at radius 3 is 1.97 bits per heavy atom. The second-order valence-corrected chi connectivity index (χ2v) is 15.4. The Hall–Kier alpha value is -2.59. The van der Waals surface area contributed by atoms with Crippen molar-refractivity contribution in [1.29, 1.82) is 0 Å². The molecule has 10 heteroatoms. The van der Waals surface area contributed by atoms with E-state index in [0.29, 0.717) is 0 Å². The Kier molecular flexibility index (Phi) is 10.1. The molecule has 0 aliphatic heterocycles. The molecule has 0 heterocycles. The first-order valence-electron chi connectivity index (χ1n) is 11.3. The topological polar surface area (TPSA) is 123 Å². The molecule has 0 spiro atoms. The molecular weight excluding hydrogens is 456 g/mol. The fourth-order valence-corrected chi connectivity index (χ4v) is 3.66. The SMILES string of the molecule is COC(=O)C(CO)NC(=O)[C@H](Cc1ccc(O[Si](C)(C)C(C)(C)C)cc1)NC(=O)OC(C)(C)C. The van der Waals surface area contributed by atoms with Gasteiger partial charge in [0.1, 0.15) is 17.4 Å². The zero-order chi connectivity index (χ0) is 26.3. The van der Waals surface area contributed by atoms with Crippen molar-refractivity contribution in [2.45, 2.75) is 83.8 Å². The third-order valence-electron chi connectivity index (χ3n) is 5.53. The molecular formula is C24H40N2O7Si. The van der Waals surface area contributed by atoms with E-state index in [1.807, 2.05) is 24.3 Å². The molecule has 1 unspecified atom stereocenters. The van der Waals surface area contributed by atoms with Crippen LogP contribution in [-0.4, -0.2) is 62.8 Å². The van der Waals surface area contributed by atoms with Gasteiger partial charge in [-0.15, -0.1) is 0 Å². The average Bonchev–Trinajstić information content (AvgIpc) is 2.69. The molecule has 3 N–H and O–H groups in total. The highest BCUT2D eigenvalue weighted by Gasteiger charge is 2.39. The molecule has 0 aromatic heterocycles. The monoisotopic (exact) mass is 496 g/mol. The van der Waals surface area contributed by atoms with Gasteiger partial charge < -0.3 is 29.6 Å². The second-order valence-electron chi connectivity index (χ2n) is 10.7. The fourth-order valence-electron chi connectivity index (χ4n) is 2.63. The number of aliphatic hydroxyl groups excluding tert-OH is 1. The summed E-state index contributed by atoms with van der Waals surface area (Å²) >= 11 is 0. The summed E-state index contributed by atoms with van der Waals surface area (Å²) in [4.78, 5) is 37.0. The average molecular weight is 497 g/mol. The Morgan fingerprint density at radius 1 is 0.971 bits per heavy atom. The summed E-state index contributed by atoms with van der Waals surface area (Å²) < 4.78 is 16.2. The summed E-state index contributed by atoms with van der Waals surface area (Å²) in [6, 6.07) is 5.01. The van der Waals surface area contributed by atoms with Crippen molar-refractivity contribution in [2.75, 3.05) is 13.7 Å². The number of carbonyl (C=O) groups is 3. The van der Waals surface area contributed by atoms with E-state index in [1.54, 1.807) is 20.8 Å². The number of nitrogens with one attached hydrogen (secondary N) is 2. The lowest BCUT2D eigenvalue weighted by Crippen LogP contribution is -2.54. The first-order chi connectivity index (χ1) is 15.5. The van der Waals surface area contributed by atoms with Gasteiger partial charge in [0.15, 0.2) is 6.04 Å². The first kappa shape index (κ1) is 29.4. The molecule has 0 fully saturated rings. The number of benzene rings is 1. The zero-order valence-corrected chi connectivity index (χ0v) is 22.8. The molecule has 0 bridgehead atoms. The highest BCUT2D eigenvalue weighted by Crippen LogP contribution is 2.37. The third kappa shape index (κ3) is 9.34. The van der Waals surface area contributed by atoms with Gasteiger partial charge in [0.2, 0.25) is 14.2 Å². The largest absolute Gasteiger partial charge is 0.544 e. The number of aliphatic hydroxyl groups is 1. The number of hydrogen-bond donors (Lipinski definition) is 3.